The van der Waals surface area contributed by atoms with Gasteiger partial charge >= 0.3 is 17.9 Å². The molecule has 8 nitrogen and oxygen atoms in total. The lowest BCUT2D eigenvalue weighted by Crippen LogP contribution is -2.18. The molecule has 2 N–H and O–H groups in total. The van der Waals surface area contributed by atoms with Gasteiger partial charge in [0.2, 0.25) is 0 Å². The molecule has 0 bridgehead atoms. The summed E-state index contributed by atoms with van der Waals surface area (Å²) >= 11 is 0. The van der Waals surface area contributed by atoms with E-state index >= 15 is 0 Å². The Hall–Kier alpha value is -3.04. The molecular formula is C23H28O8S. The van der Waals surface area contributed by atoms with Gasteiger partial charge in [0.25, 0.3) is 0 Å². The Morgan fingerprint density at radius 3 is 2.16 bits per heavy atom. The van der Waals surface area contributed by atoms with Crippen molar-refractivity contribution < 1.29 is 37.8 Å². The molecule has 0 saturated carbocycles. The third kappa shape index (κ3) is 8.60. The number of aliphatic carboxylic acids is 1. The molecule has 0 spiro atoms. The Morgan fingerprint density at radius 1 is 1.03 bits per heavy atom. The largest absolute Gasteiger partial charge is 0.478 e. The first-order valence-electron chi connectivity index (χ1n) is 9.99. The lowest BCUT2D eigenvalue weighted by Gasteiger charge is -2.09. The van der Waals surface area contributed by atoms with Crippen LogP contribution in [0.3, 0.4) is 0 Å². The molecule has 0 radical (unpaired) electrons. The predicted octanol–water partition coefficient (Wildman–Crippen LogP) is 2.90. The first kappa shape index (κ1) is 27.0. The van der Waals surface area contributed by atoms with Crippen molar-refractivity contribution in [2.45, 2.75) is 44.4 Å². The maximum Gasteiger partial charge on any atom is 0.341 e. The van der Waals surface area contributed by atoms with Crippen LogP contribution in [-0.2, 0) is 29.0 Å². The van der Waals surface area contributed by atoms with E-state index in [1.165, 1.54) is 12.1 Å². The van der Waals surface area contributed by atoms with Crippen molar-refractivity contribution in [2.24, 2.45) is 0 Å². The molecule has 1 aromatic rings. The second-order valence-corrected chi connectivity index (χ2v) is 9.14. The van der Waals surface area contributed by atoms with Crippen LogP contribution in [-0.4, -0.2) is 48.9 Å². The molecule has 0 aromatic heterocycles. The summed E-state index contributed by atoms with van der Waals surface area (Å²) in [4.78, 5) is 35.9. The fraction of sp³-hybridized carbons (Fsp3) is 0.348. The molecule has 174 valence electrons. The Labute approximate surface area is 187 Å². The molecule has 32 heavy (non-hydrogen) atoms. The molecule has 1 aromatic carbocycles. The van der Waals surface area contributed by atoms with Crippen molar-refractivity contribution in [2.75, 3.05) is 12.4 Å². The Kier molecular flexibility index (Phi) is 10.7. The van der Waals surface area contributed by atoms with Crippen LogP contribution < -0.4 is 0 Å². The van der Waals surface area contributed by atoms with Crippen molar-refractivity contribution >= 4 is 27.7 Å². The summed E-state index contributed by atoms with van der Waals surface area (Å²) in [6, 6.07) is 6.21. The summed E-state index contributed by atoms with van der Waals surface area (Å²) in [6.07, 6.45) is 2.48. The fourth-order valence-corrected chi connectivity index (χ4v) is 3.73. The van der Waals surface area contributed by atoms with Crippen LogP contribution in [0.1, 0.15) is 38.2 Å². The van der Waals surface area contributed by atoms with E-state index in [4.69, 9.17) is 9.84 Å². The van der Waals surface area contributed by atoms with Crippen LogP contribution in [0.5, 0.6) is 0 Å². The van der Waals surface area contributed by atoms with Crippen molar-refractivity contribution in [1.29, 1.82) is 0 Å². The Morgan fingerprint density at radius 2 is 1.62 bits per heavy atom. The number of benzene rings is 1. The highest BCUT2D eigenvalue weighted by molar-refractivity contribution is 7.91. The molecule has 0 aliphatic carbocycles. The zero-order valence-electron chi connectivity index (χ0n) is 18.2. The number of carbonyl (C=O) groups is 3. The number of ether oxygens (including phenoxy) is 1. The molecule has 0 amide bonds. The SMILES string of the molecule is C=C(CC)C(=O)OC(=O)C(=CC=C(CCCO)C(=O)O)CCS(=O)(=O)c1ccc(C)cc1. The molecule has 0 fully saturated rings. The van der Waals surface area contributed by atoms with Gasteiger partial charge in [-0.25, -0.2) is 22.8 Å². The molecule has 0 unspecified atom stereocenters. The van der Waals surface area contributed by atoms with Gasteiger partial charge in [0, 0.05) is 23.3 Å². The number of sulfone groups is 1. The van der Waals surface area contributed by atoms with Crippen molar-refractivity contribution in [1.82, 2.24) is 0 Å². The monoisotopic (exact) mass is 464 g/mol. The van der Waals surface area contributed by atoms with Crippen LogP contribution in [0, 0.1) is 6.92 Å². The van der Waals surface area contributed by atoms with E-state index in [1.54, 1.807) is 19.1 Å². The summed E-state index contributed by atoms with van der Waals surface area (Å²) < 4.78 is 30.0. The minimum atomic E-state index is -3.75. The molecule has 0 saturated heterocycles. The quantitative estimate of drug-likeness (QED) is 0.209. The molecule has 1 rings (SSSR count). The van der Waals surface area contributed by atoms with Gasteiger partial charge in [-0.1, -0.05) is 43.4 Å². The highest BCUT2D eigenvalue weighted by Crippen LogP contribution is 2.17. The summed E-state index contributed by atoms with van der Waals surface area (Å²) in [7, 11) is -3.75. The second-order valence-electron chi connectivity index (χ2n) is 7.03. The minimum absolute atomic E-state index is 0.0396. The van der Waals surface area contributed by atoms with Gasteiger partial charge in [-0.2, -0.15) is 0 Å². The average Bonchev–Trinajstić information content (AvgIpc) is 2.74. The van der Waals surface area contributed by atoms with Gasteiger partial charge < -0.3 is 14.9 Å². The maximum absolute atomic E-state index is 12.6. The van der Waals surface area contributed by atoms with Crippen LogP contribution in [0.25, 0.3) is 0 Å². The predicted molar refractivity (Wildman–Crippen MR) is 119 cm³/mol. The summed E-state index contributed by atoms with van der Waals surface area (Å²) in [6.45, 7) is 6.75. The number of rotatable bonds is 12. The first-order chi connectivity index (χ1) is 15.0. The topological polar surface area (TPSA) is 135 Å². The number of aliphatic hydroxyl groups is 1. The van der Waals surface area contributed by atoms with Crippen molar-refractivity contribution in [3.05, 3.63) is 65.3 Å². The van der Waals surface area contributed by atoms with Crippen LogP contribution in [0.4, 0.5) is 0 Å². The van der Waals surface area contributed by atoms with E-state index in [0.717, 1.165) is 17.7 Å². The number of esters is 2. The first-order valence-corrected chi connectivity index (χ1v) is 11.6. The molecule has 9 heteroatoms. The number of allylic oxidation sites excluding steroid dienone is 2. The second kappa shape index (κ2) is 12.7. The summed E-state index contributed by atoms with van der Waals surface area (Å²) in [5.74, 6) is -3.71. The van der Waals surface area contributed by atoms with Gasteiger partial charge in [0.1, 0.15) is 0 Å². The standard InChI is InChI=1S/C23H28O8S/c1-4-17(3)22(27)31-23(28)19(10-9-18(21(25)26)6-5-14-24)13-15-32(29,30)20-11-7-16(2)8-12-20/h7-12,24H,3-6,13-15H2,1-2H3,(H,25,26). The van der Waals surface area contributed by atoms with Gasteiger partial charge in [-0.15, -0.1) is 0 Å². The highest BCUT2D eigenvalue weighted by Gasteiger charge is 2.21. The van der Waals surface area contributed by atoms with E-state index in [2.05, 4.69) is 6.58 Å². The molecule has 0 aliphatic heterocycles. The van der Waals surface area contributed by atoms with Crippen LogP contribution in [0.2, 0.25) is 0 Å². The van der Waals surface area contributed by atoms with E-state index in [1.807, 2.05) is 6.92 Å². The third-order valence-electron chi connectivity index (χ3n) is 4.55. The number of aliphatic hydroxyl groups excluding tert-OH is 1. The van der Waals surface area contributed by atoms with E-state index < -0.39 is 33.5 Å². The Bertz CT molecular complexity index is 1010. The van der Waals surface area contributed by atoms with Gasteiger partial charge in [0.05, 0.1) is 10.6 Å². The smallest absolute Gasteiger partial charge is 0.341 e. The van der Waals surface area contributed by atoms with Gasteiger partial charge in [-0.3, -0.25) is 0 Å². The third-order valence-corrected chi connectivity index (χ3v) is 6.28. The molecular weight excluding hydrogens is 436 g/mol. The normalized spacial score (nSPS) is 12.3. The highest BCUT2D eigenvalue weighted by atomic mass is 32.2. The van der Waals surface area contributed by atoms with E-state index in [-0.39, 0.29) is 53.9 Å². The molecule has 0 heterocycles. The van der Waals surface area contributed by atoms with E-state index in [0.29, 0.717) is 0 Å². The lowest BCUT2D eigenvalue weighted by atomic mass is 10.1. The zero-order valence-corrected chi connectivity index (χ0v) is 19.0. The number of carbonyl (C=O) groups excluding carboxylic acids is 2. The summed E-state index contributed by atoms with van der Waals surface area (Å²) in [5, 5.41) is 18.2. The average molecular weight is 465 g/mol. The van der Waals surface area contributed by atoms with Crippen molar-refractivity contribution in [3.8, 4) is 0 Å². The number of hydrogen-bond donors (Lipinski definition) is 2. The number of carboxylic acids is 1. The minimum Gasteiger partial charge on any atom is -0.478 e. The van der Waals surface area contributed by atoms with Crippen molar-refractivity contribution in [3.63, 3.8) is 0 Å². The zero-order chi connectivity index (χ0) is 24.3. The molecule has 0 atom stereocenters. The lowest BCUT2D eigenvalue weighted by molar-refractivity contribution is -0.154. The van der Waals surface area contributed by atoms with Gasteiger partial charge in [-0.05, 0) is 44.7 Å². The van der Waals surface area contributed by atoms with Crippen LogP contribution in [0.15, 0.2) is 64.6 Å². The summed E-state index contributed by atoms with van der Waals surface area (Å²) in [5.41, 5.74) is 0.683. The number of carboxylic acid groups (broad SMARTS) is 1. The Balaban J connectivity index is 3.19. The van der Waals surface area contributed by atoms with Crippen LogP contribution >= 0.6 is 0 Å². The molecule has 0 aliphatic rings. The number of hydrogen-bond acceptors (Lipinski definition) is 7. The number of aryl methyl sites for hydroxylation is 1. The maximum atomic E-state index is 12.6. The fourth-order valence-electron chi connectivity index (χ4n) is 2.46. The van der Waals surface area contributed by atoms with Gasteiger partial charge in [0.15, 0.2) is 9.84 Å². The van der Waals surface area contributed by atoms with E-state index in [9.17, 15) is 27.9 Å².